The van der Waals surface area contributed by atoms with Gasteiger partial charge in [-0.05, 0) is 26.2 Å². The van der Waals surface area contributed by atoms with Crippen LogP contribution in [0.25, 0.3) is 0 Å². The quantitative estimate of drug-likeness (QED) is 0.773. The zero-order chi connectivity index (χ0) is 13.5. The molecule has 1 aromatic heterocycles. The third-order valence-corrected chi connectivity index (χ3v) is 2.75. The van der Waals surface area contributed by atoms with Gasteiger partial charge in [-0.3, -0.25) is 4.98 Å². The average Bonchev–Trinajstić information content (AvgIpc) is 2.28. The van der Waals surface area contributed by atoms with Crippen molar-refractivity contribution >= 4 is 17.4 Å². The summed E-state index contributed by atoms with van der Waals surface area (Å²) in [5.41, 5.74) is 0. The molecule has 18 heavy (non-hydrogen) atoms. The van der Waals surface area contributed by atoms with E-state index in [1.165, 1.54) is 0 Å². The van der Waals surface area contributed by atoms with Gasteiger partial charge in [0.15, 0.2) is 0 Å². The zero-order valence-corrected chi connectivity index (χ0v) is 12.2. The van der Waals surface area contributed by atoms with E-state index < -0.39 is 0 Å². The molecule has 0 aliphatic carbocycles. The molecule has 0 spiro atoms. The molecule has 0 amide bonds. The van der Waals surface area contributed by atoms with E-state index in [0.29, 0.717) is 23.7 Å². The Balaban J connectivity index is 2.70. The van der Waals surface area contributed by atoms with Crippen LogP contribution in [-0.2, 0) is 0 Å². The monoisotopic (exact) mass is 271 g/mol. The van der Waals surface area contributed by atoms with Gasteiger partial charge in [0.05, 0.1) is 18.5 Å². The molecular weight excluding hydrogens is 250 g/mol. The molecule has 1 unspecified atom stereocenters. The number of rotatable bonds is 7. The molecule has 0 aliphatic rings. The van der Waals surface area contributed by atoms with E-state index >= 15 is 0 Å². The number of nitrogens with one attached hydrogen (secondary N) is 1. The van der Waals surface area contributed by atoms with Crippen LogP contribution < -0.4 is 10.1 Å². The van der Waals surface area contributed by atoms with Gasteiger partial charge in [-0.2, -0.15) is 4.98 Å². The number of alkyl halides is 1. The maximum Gasteiger partial charge on any atom is 0.234 e. The Morgan fingerprint density at radius 1 is 1.28 bits per heavy atom. The Morgan fingerprint density at radius 2 is 2.00 bits per heavy atom. The fourth-order valence-electron chi connectivity index (χ4n) is 1.60. The molecule has 5 heteroatoms. The van der Waals surface area contributed by atoms with Crippen molar-refractivity contribution in [2.24, 2.45) is 5.92 Å². The minimum atomic E-state index is 0.0956. The van der Waals surface area contributed by atoms with E-state index in [4.69, 9.17) is 16.3 Å². The highest BCUT2D eigenvalue weighted by atomic mass is 35.5. The summed E-state index contributed by atoms with van der Waals surface area (Å²) in [6, 6.07) is 0.297. The summed E-state index contributed by atoms with van der Waals surface area (Å²) in [6.07, 6.45) is 4.32. The third-order valence-electron chi connectivity index (χ3n) is 2.53. The van der Waals surface area contributed by atoms with E-state index in [1.54, 1.807) is 12.4 Å². The molecule has 1 atom stereocenters. The Kier molecular flexibility index (Phi) is 6.19. The first kappa shape index (κ1) is 15.0. The van der Waals surface area contributed by atoms with E-state index in [-0.39, 0.29) is 6.10 Å². The number of halogens is 1. The second kappa shape index (κ2) is 7.41. The smallest absolute Gasteiger partial charge is 0.234 e. The van der Waals surface area contributed by atoms with Crippen LogP contribution in [0.4, 0.5) is 5.82 Å². The van der Waals surface area contributed by atoms with Gasteiger partial charge < -0.3 is 10.1 Å². The summed E-state index contributed by atoms with van der Waals surface area (Å²) in [4.78, 5) is 8.51. The summed E-state index contributed by atoms with van der Waals surface area (Å²) in [5, 5.41) is 3.35. The standard InChI is InChI=1S/C13H22ClN3O/c1-9(2)11(5-6-14)16-12-7-15-8-13(17-12)18-10(3)4/h7-11H,5-6H2,1-4H3,(H,16,17). The van der Waals surface area contributed by atoms with Gasteiger partial charge in [0.25, 0.3) is 0 Å². The predicted octanol–water partition coefficient (Wildman–Crippen LogP) is 3.33. The first-order valence-electron chi connectivity index (χ1n) is 6.34. The number of hydrogen-bond donors (Lipinski definition) is 1. The van der Waals surface area contributed by atoms with Crippen LogP contribution in [0, 0.1) is 5.92 Å². The summed E-state index contributed by atoms with van der Waals surface area (Å²) < 4.78 is 5.52. The lowest BCUT2D eigenvalue weighted by atomic mass is 10.0. The lowest BCUT2D eigenvalue weighted by Gasteiger charge is -2.22. The molecule has 1 N–H and O–H groups in total. The van der Waals surface area contributed by atoms with Gasteiger partial charge in [-0.15, -0.1) is 11.6 Å². The Hall–Kier alpha value is -1.03. The summed E-state index contributed by atoms with van der Waals surface area (Å²) >= 11 is 5.81. The molecule has 1 aromatic rings. The predicted molar refractivity (Wildman–Crippen MR) is 75.4 cm³/mol. The van der Waals surface area contributed by atoms with E-state index in [9.17, 15) is 0 Å². The molecule has 0 radical (unpaired) electrons. The normalized spacial score (nSPS) is 12.8. The SMILES string of the molecule is CC(C)Oc1cncc(NC(CCCl)C(C)C)n1. The largest absolute Gasteiger partial charge is 0.474 e. The fourth-order valence-corrected chi connectivity index (χ4v) is 1.83. The second-order valence-corrected chi connectivity index (χ2v) is 5.26. The lowest BCUT2D eigenvalue weighted by molar-refractivity contribution is 0.232. The van der Waals surface area contributed by atoms with Crippen molar-refractivity contribution in [3.05, 3.63) is 12.4 Å². The molecule has 0 aromatic carbocycles. The summed E-state index contributed by atoms with van der Waals surface area (Å²) in [6.45, 7) is 8.25. The molecule has 1 heterocycles. The molecule has 4 nitrogen and oxygen atoms in total. The van der Waals surface area contributed by atoms with Gasteiger partial charge in [0, 0.05) is 11.9 Å². The van der Waals surface area contributed by atoms with Gasteiger partial charge in [-0.25, -0.2) is 0 Å². The zero-order valence-electron chi connectivity index (χ0n) is 11.5. The number of hydrogen-bond acceptors (Lipinski definition) is 4. The van der Waals surface area contributed by atoms with E-state index in [2.05, 4.69) is 29.1 Å². The van der Waals surface area contributed by atoms with Gasteiger partial charge >= 0.3 is 0 Å². The van der Waals surface area contributed by atoms with Crippen molar-refractivity contribution in [2.75, 3.05) is 11.2 Å². The van der Waals surface area contributed by atoms with Crippen molar-refractivity contribution in [2.45, 2.75) is 46.3 Å². The van der Waals surface area contributed by atoms with Crippen molar-refractivity contribution in [3.8, 4) is 5.88 Å². The first-order valence-corrected chi connectivity index (χ1v) is 6.87. The minimum Gasteiger partial charge on any atom is -0.474 e. The van der Waals surface area contributed by atoms with E-state index in [1.807, 2.05) is 13.8 Å². The van der Waals surface area contributed by atoms with E-state index in [0.717, 1.165) is 12.2 Å². The Bertz CT molecular complexity index is 358. The maximum absolute atomic E-state index is 5.81. The van der Waals surface area contributed by atoms with Crippen molar-refractivity contribution in [1.29, 1.82) is 0 Å². The lowest BCUT2D eigenvalue weighted by Crippen LogP contribution is -2.26. The molecule has 102 valence electrons. The van der Waals surface area contributed by atoms with Gasteiger partial charge in [0.2, 0.25) is 5.88 Å². The number of aromatic nitrogens is 2. The maximum atomic E-state index is 5.81. The second-order valence-electron chi connectivity index (χ2n) is 4.88. The highest BCUT2D eigenvalue weighted by Gasteiger charge is 2.13. The third kappa shape index (κ3) is 5.08. The van der Waals surface area contributed by atoms with Gasteiger partial charge in [-0.1, -0.05) is 13.8 Å². The molecular formula is C13H22ClN3O. The Labute approximate surface area is 114 Å². The molecule has 1 rings (SSSR count). The summed E-state index contributed by atoms with van der Waals surface area (Å²) in [5.74, 6) is 2.39. The summed E-state index contributed by atoms with van der Waals surface area (Å²) in [7, 11) is 0. The number of anilines is 1. The van der Waals surface area contributed by atoms with Crippen molar-refractivity contribution in [3.63, 3.8) is 0 Å². The van der Waals surface area contributed by atoms with Gasteiger partial charge in [0.1, 0.15) is 5.82 Å². The minimum absolute atomic E-state index is 0.0956. The topological polar surface area (TPSA) is 47.0 Å². The molecule has 0 saturated carbocycles. The van der Waals surface area contributed by atoms with Crippen LogP contribution in [0.1, 0.15) is 34.1 Å². The highest BCUT2D eigenvalue weighted by molar-refractivity contribution is 6.17. The van der Waals surface area contributed by atoms with Crippen LogP contribution in [0.5, 0.6) is 5.88 Å². The van der Waals surface area contributed by atoms with Crippen molar-refractivity contribution < 1.29 is 4.74 Å². The Morgan fingerprint density at radius 3 is 2.56 bits per heavy atom. The van der Waals surface area contributed by atoms with Crippen molar-refractivity contribution in [1.82, 2.24) is 9.97 Å². The van der Waals surface area contributed by atoms with Crippen LogP contribution >= 0.6 is 11.6 Å². The molecule has 0 saturated heterocycles. The number of nitrogens with zero attached hydrogens (tertiary/aromatic N) is 2. The van der Waals surface area contributed by atoms with Crippen LogP contribution in [-0.4, -0.2) is 28.0 Å². The first-order chi connectivity index (χ1) is 8.52. The van der Waals surface area contributed by atoms with Crippen LogP contribution in [0.3, 0.4) is 0 Å². The van der Waals surface area contributed by atoms with Crippen LogP contribution in [0.15, 0.2) is 12.4 Å². The molecule has 0 bridgehead atoms. The fraction of sp³-hybridized carbons (Fsp3) is 0.692. The molecule has 0 aliphatic heterocycles. The average molecular weight is 272 g/mol. The highest BCUT2D eigenvalue weighted by Crippen LogP contribution is 2.16. The molecule has 0 fully saturated rings. The number of ether oxygens (including phenoxy) is 1. The van der Waals surface area contributed by atoms with Crippen LogP contribution in [0.2, 0.25) is 0 Å².